The van der Waals surface area contributed by atoms with E-state index in [-0.39, 0.29) is 0 Å². The third kappa shape index (κ3) is 2.55. The van der Waals surface area contributed by atoms with Crippen LogP contribution in [-0.2, 0) is 6.42 Å². The lowest BCUT2D eigenvalue weighted by Gasteiger charge is -2.34. The summed E-state index contributed by atoms with van der Waals surface area (Å²) in [5, 5.41) is 4.70. The summed E-state index contributed by atoms with van der Waals surface area (Å²) in [5.41, 5.74) is 2.23. The molecule has 0 aromatic heterocycles. The highest BCUT2D eigenvalue weighted by Crippen LogP contribution is 2.62. The van der Waals surface area contributed by atoms with Crippen LogP contribution in [0.25, 0.3) is 0 Å². The van der Waals surface area contributed by atoms with Gasteiger partial charge in [-0.2, -0.15) is 0 Å². The Bertz CT molecular complexity index is 515. The molecule has 1 nitrogen and oxygen atoms in total. The van der Waals surface area contributed by atoms with Crippen LogP contribution in [0, 0.1) is 17.3 Å². The predicted octanol–water partition coefficient (Wildman–Crippen LogP) is 4.26. The fourth-order valence-corrected chi connectivity index (χ4v) is 6.41. The molecule has 1 aromatic rings. The average Bonchev–Trinajstić information content (AvgIpc) is 3.37. The van der Waals surface area contributed by atoms with Gasteiger partial charge in [-0.15, -0.1) is 11.8 Å². The van der Waals surface area contributed by atoms with E-state index >= 15 is 0 Å². The van der Waals surface area contributed by atoms with E-state index < -0.39 is 0 Å². The molecule has 3 saturated carbocycles. The predicted molar refractivity (Wildman–Crippen MR) is 88.7 cm³/mol. The highest BCUT2D eigenvalue weighted by Gasteiger charge is 2.54. The number of nitrogens with one attached hydrogen (secondary N) is 1. The number of hydrogen-bond donors (Lipinski definition) is 1. The van der Waals surface area contributed by atoms with Crippen LogP contribution in [0.2, 0.25) is 0 Å². The number of benzene rings is 1. The summed E-state index contributed by atoms with van der Waals surface area (Å²) in [5.74, 6) is 2.19. The van der Waals surface area contributed by atoms with Crippen molar-refractivity contribution in [1.82, 2.24) is 5.32 Å². The summed E-state index contributed by atoms with van der Waals surface area (Å²) >= 11 is 2.16. The Hall–Kier alpha value is -0.470. The van der Waals surface area contributed by atoms with Crippen molar-refractivity contribution in [2.75, 3.05) is 6.54 Å². The van der Waals surface area contributed by atoms with Gasteiger partial charge in [0.15, 0.2) is 0 Å². The van der Waals surface area contributed by atoms with Crippen LogP contribution in [0.5, 0.6) is 0 Å². The van der Waals surface area contributed by atoms with Gasteiger partial charge in [-0.3, -0.25) is 0 Å². The van der Waals surface area contributed by atoms with Crippen LogP contribution in [0.1, 0.15) is 44.1 Å². The van der Waals surface area contributed by atoms with Crippen molar-refractivity contribution in [2.45, 2.75) is 61.1 Å². The minimum Gasteiger partial charge on any atom is -0.313 e. The topological polar surface area (TPSA) is 12.0 Å². The normalized spacial score (nSPS) is 40.1. The number of fused-ring (bicyclic) bond motifs is 2. The molecule has 3 aliphatic carbocycles. The molecule has 4 aliphatic rings. The average molecular weight is 299 g/mol. The van der Waals surface area contributed by atoms with Gasteiger partial charge in [0.2, 0.25) is 0 Å². The number of hydrogen-bond acceptors (Lipinski definition) is 2. The summed E-state index contributed by atoms with van der Waals surface area (Å²) in [6, 6.07) is 9.93. The molecule has 0 radical (unpaired) electrons. The first-order chi connectivity index (χ1) is 10.3. The Morgan fingerprint density at radius 2 is 1.95 bits per heavy atom. The third-order valence-electron chi connectivity index (χ3n) is 6.18. The van der Waals surface area contributed by atoms with Gasteiger partial charge in [0.05, 0.1) is 0 Å². The molecular formula is C19H25NS. The van der Waals surface area contributed by atoms with Crippen molar-refractivity contribution in [1.29, 1.82) is 0 Å². The zero-order chi connectivity index (χ0) is 13.9. The highest BCUT2D eigenvalue weighted by atomic mass is 32.2. The maximum Gasteiger partial charge on any atom is 0.0141 e. The van der Waals surface area contributed by atoms with Crippen molar-refractivity contribution < 1.29 is 0 Å². The molecule has 0 bridgehead atoms. The maximum absolute atomic E-state index is 3.87. The minimum absolute atomic E-state index is 0.635. The molecule has 1 aliphatic heterocycles. The first kappa shape index (κ1) is 13.0. The van der Waals surface area contributed by atoms with E-state index in [0.717, 1.165) is 23.1 Å². The van der Waals surface area contributed by atoms with E-state index in [4.69, 9.17) is 0 Å². The zero-order valence-electron chi connectivity index (χ0n) is 12.7. The molecule has 0 saturated heterocycles. The molecule has 3 fully saturated rings. The Morgan fingerprint density at radius 1 is 1.14 bits per heavy atom. The summed E-state index contributed by atoms with van der Waals surface area (Å²) in [4.78, 5) is 1.55. The lowest BCUT2D eigenvalue weighted by atomic mass is 9.77. The minimum atomic E-state index is 0.635. The highest BCUT2D eigenvalue weighted by molar-refractivity contribution is 8.00. The van der Waals surface area contributed by atoms with Gasteiger partial charge in [0, 0.05) is 22.7 Å². The molecule has 0 spiro atoms. The van der Waals surface area contributed by atoms with E-state index in [1.165, 1.54) is 45.1 Å². The smallest absolute Gasteiger partial charge is 0.0141 e. The van der Waals surface area contributed by atoms with Gasteiger partial charge in [0.25, 0.3) is 0 Å². The van der Waals surface area contributed by atoms with Crippen molar-refractivity contribution in [3.63, 3.8) is 0 Å². The lowest BCUT2D eigenvalue weighted by molar-refractivity contribution is 0.227. The van der Waals surface area contributed by atoms with Crippen molar-refractivity contribution in [3.05, 3.63) is 29.8 Å². The monoisotopic (exact) mass is 299 g/mol. The van der Waals surface area contributed by atoms with Crippen LogP contribution in [0.4, 0.5) is 0 Å². The molecular weight excluding hydrogens is 274 g/mol. The molecule has 112 valence electrons. The Labute approximate surface area is 132 Å². The van der Waals surface area contributed by atoms with Gasteiger partial charge >= 0.3 is 0 Å². The van der Waals surface area contributed by atoms with Crippen LogP contribution < -0.4 is 5.32 Å². The summed E-state index contributed by atoms with van der Waals surface area (Å²) in [6.07, 6.45) is 10.2. The maximum atomic E-state index is 3.87. The van der Waals surface area contributed by atoms with Crippen molar-refractivity contribution in [3.8, 4) is 0 Å². The van der Waals surface area contributed by atoms with Gasteiger partial charge in [-0.25, -0.2) is 0 Å². The summed E-state index contributed by atoms with van der Waals surface area (Å²) in [7, 11) is 0. The summed E-state index contributed by atoms with van der Waals surface area (Å²) in [6.45, 7) is 1.30. The quantitative estimate of drug-likeness (QED) is 0.872. The second-order valence-corrected chi connectivity index (χ2v) is 9.42. The second-order valence-electron chi connectivity index (χ2n) is 8.08. The SMILES string of the molecule is c1ccc2c(c1)CC(CC1(CNC3CC3)CC3CC3C1)S2. The van der Waals surface area contributed by atoms with E-state index in [2.05, 4.69) is 41.3 Å². The van der Waals surface area contributed by atoms with Crippen LogP contribution in [0.3, 0.4) is 0 Å². The molecule has 21 heavy (non-hydrogen) atoms. The molecule has 1 heterocycles. The Kier molecular flexibility index (Phi) is 2.95. The Balaban J connectivity index is 1.28. The standard InChI is InChI=1S/C19H25NS/c1-2-4-18-13(3-1)8-17(21-18)11-19(12-20-16-5-6-16)9-14-7-15(14)10-19/h1-4,14-17,20H,5-12H2. The van der Waals surface area contributed by atoms with Crippen LogP contribution in [-0.4, -0.2) is 17.8 Å². The fraction of sp³-hybridized carbons (Fsp3) is 0.684. The van der Waals surface area contributed by atoms with Gasteiger partial charge in [-0.05, 0) is 73.8 Å². The molecule has 3 unspecified atom stereocenters. The van der Waals surface area contributed by atoms with Crippen LogP contribution >= 0.6 is 11.8 Å². The zero-order valence-corrected chi connectivity index (χ0v) is 13.5. The van der Waals surface area contributed by atoms with Crippen molar-refractivity contribution in [2.24, 2.45) is 17.3 Å². The fourth-order valence-electron chi connectivity index (χ4n) is 4.89. The van der Waals surface area contributed by atoms with Gasteiger partial charge in [-0.1, -0.05) is 18.2 Å². The second kappa shape index (κ2) is 4.76. The number of thioether (sulfide) groups is 1. The molecule has 1 aromatic carbocycles. The first-order valence-electron chi connectivity index (χ1n) is 8.78. The first-order valence-corrected chi connectivity index (χ1v) is 9.66. The lowest BCUT2D eigenvalue weighted by Crippen LogP contribution is -2.36. The van der Waals surface area contributed by atoms with E-state index in [1.54, 1.807) is 16.9 Å². The molecule has 2 heteroatoms. The molecule has 1 N–H and O–H groups in total. The largest absolute Gasteiger partial charge is 0.313 e. The third-order valence-corrected chi connectivity index (χ3v) is 7.50. The van der Waals surface area contributed by atoms with Gasteiger partial charge in [0.1, 0.15) is 0 Å². The van der Waals surface area contributed by atoms with Gasteiger partial charge < -0.3 is 5.32 Å². The Morgan fingerprint density at radius 3 is 2.71 bits per heavy atom. The van der Waals surface area contributed by atoms with Crippen molar-refractivity contribution >= 4 is 11.8 Å². The molecule has 0 amide bonds. The number of rotatable bonds is 5. The molecule has 5 rings (SSSR count). The molecule has 3 atom stereocenters. The van der Waals surface area contributed by atoms with E-state index in [0.29, 0.717) is 5.41 Å². The van der Waals surface area contributed by atoms with E-state index in [9.17, 15) is 0 Å². The van der Waals surface area contributed by atoms with E-state index in [1.807, 2.05) is 0 Å². The van der Waals surface area contributed by atoms with Crippen LogP contribution in [0.15, 0.2) is 29.2 Å². The summed E-state index contributed by atoms with van der Waals surface area (Å²) < 4.78 is 0.